The summed E-state index contributed by atoms with van der Waals surface area (Å²) in [5.74, 6) is 0.160. The van der Waals surface area contributed by atoms with Gasteiger partial charge in [0.25, 0.3) is 5.91 Å². The van der Waals surface area contributed by atoms with E-state index in [0.717, 1.165) is 36.4 Å². The lowest BCUT2D eigenvalue weighted by atomic mass is 9.98. The van der Waals surface area contributed by atoms with Crippen LogP contribution in [-0.2, 0) is 0 Å². The molecule has 20 heavy (non-hydrogen) atoms. The van der Waals surface area contributed by atoms with Crippen LogP contribution in [0.5, 0.6) is 0 Å². The van der Waals surface area contributed by atoms with Crippen LogP contribution >= 0.6 is 0 Å². The van der Waals surface area contributed by atoms with E-state index in [-0.39, 0.29) is 5.91 Å². The summed E-state index contributed by atoms with van der Waals surface area (Å²) in [5.41, 5.74) is 8.25. The molecule has 0 spiro atoms. The third-order valence-electron chi connectivity index (χ3n) is 4.61. The second-order valence-electron chi connectivity index (χ2n) is 6.01. The summed E-state index contributed by atoms with van der Waals surface area (Å²) in [6.07, 6.45) is 3.83. The summed E-state index contributed by atoms with van der Waals surface area (Å²) in [5, 5.41) is 0. The van der Waals surface area contributed by atoms with Crippen LogP contribution in [0.25, 0.3) is 0 Å². The van der Waals surface area contributed by atoms with E-state index in [2.05, 4.69) is 4.90 Å². The molecule has 1 aromatic rings. The molecule has 0 bridgehead atoms. The number of piperidine rings is 1. The fourth-order valence-corrected chi connectivity index (χ4v) is 3.44. The molecule has 0 aliphatic carbocycles. The van der Waals surface area contributed by atoms with Gasteiger partial charge >= 0.3 is 0 Å². The predicted molar refractivity (Wildman–Crippen MR) is 80.7 cm³/mol. The molecule has 4 heteroatoms. The molecule has 3 rings (SSSR count). The van der Waals surface area contributed by atoms with Gasteiger partial charge in [0.1, 0.15) is 0 Å². The SMILES string of the molecule is Cc1cc(N)ccc1C(=O)N1CCN2CCCCC2C1. The van der Waals surface area contributed by atoms with E-state index in [1.54, 1.807) is 0 Å². The van der Waals surface area contributed by atoms with Gasteiger partial charge in [0, 0.05) is 36.9 Å². The number of anilines is 1. The number of rotatable bonds is 1. The summed E-state index contributed by atoms with van der Waals surface area (Å²) in [6.45, 7) is 5.90. The second-order valence-corrected chi connectivity index (χ2v) is 6.01. The number of benzene rings is 1. The topological polar surface area (TPSA) is 49.6 Å². The van der Waals surface area contributed by atoms with Gasteiger partial charge in [0.05, 0.1) is 0 Å². The first kappa shape index (κ1) is 13.4. The largest absolute Gasteiger partial charge is 0.399 e. The highest BCUT2D eigenvalue weighted by atomic mass is 16.2. The molecular weight excluding hydrogens is 250 g/mol. The Hall–Kier alpha value is -1.55. The molecule has 1 atom stereocenters. The van der Waals surface area contributed by atoms with E-state index in [9.17, 15) is 4.79 Å². The third kappa shape index (κ3) is 2.52. The van der Waals surface area contributed by atoms with Crippen molar-refractivity contribution in [2.75, 3.05) is 31.9 Å². The zero-order valence-electron chi connectivity index (χ0n) is 12.1. The Labute approximate surface area is 120 Å². The number of fused-ring (bicyclic) bond motifs is 1. The van der Waals surface area contributed by atoms with Crippen molar-refractivity contribution < 1.29 is 4.79 Å². The molecule has 2 fully saturated rings. The Balaban J connectivity index is 1.74. The minimum atomic E-state index is 0.160. The van der Waals surface area contributed by atoms with Crippen LogP contribution in [-0.4, -0.2) is 47.9 Å². The van der Waals surface area contributed by atoms with Crippen LogP contribution in [0.1, 0.15) is 35.2 Å². The molecule has 2 aliphatic heterocycles. The number of nitrogens with two attached hydrogens (primary N) is 1. The number of carbonyl (C=O) groups excluding carboxylic acids is 1. The number of amides is 1. The van der Waals surface area contributed by atoms with Gasteiger partial charge < -0.3 is 10.6 Å². The molecule has 4 nitrogen and oxygen atoms in total. The number of hydrogen-bond acceptors (Lipinski definition) is 3. The average molecular weight is 273 g/mol. The van der Waals surface area contributed by atoms with E-state index >= 15 is 0 Å². The van der Waals surface area contributed by atoms with E-state index in [0.29, 0.717) is 6.04 Å². The van der Waals surface area contributed by atoms with Crippen molar-refractivity contribution in [3.05, 3.63) is 29.3 Å². The first-order valence-electron chi connectivity index (χ1n) is 7.54. The van der Waals surface area contributed by atoms with Crippen molar-refractivity contribution in [1.29, 1.82) is 0 Å². The van der Waals surface area contributed by atoms with Crippen molar-refractivity contribution in [3.63, 3.8) is 0 Å². The quantitative estimate of drug-likeness (QED) is 0.795. The van der Waals surface area contributed by atoms with E-state index in [1.165, 1.54) is 25.8 Å². The van der Waals surface area contributed by atoms with Gasteiger partial charge in [-0.2, -0.15) is 0 Å². The highest BCUT2D eigenvalue weighted by molar-refractivity contribution is 5.96. The summed E-state index contributed by atoms with van der Waals surface area (Å²) in [7, 11) is 0. The maximum absolute atomic E-state index is 12.7. The Kier molecular flexibility index (Phi) is 3.66. The van der Waals surface area contributed by atoms with Crippen molar-refractivity contribution in [2.45, 2.75) is 32.2 Å². The average Bonchev–Trinajstić information content (AvgIpc) is 2.46. The highest BCUT2D eigenvalue weighted by Gasteiger charge is 2.31. The monoisotopic (exact) mass is 273 g/mol. The van der Waals surface area contributed by atoms with Crippen LogP contribution in [0.15, 0.2) is 18.2 Å². The minimum Gasteiger partial charge on any atom is -0.399 e. The molecule has 108 valence electrons. The minimum absolute atomic E-state index is 0.160. The molecule has 1 aromatic carbocycles. The van der Waals surface area contributed by atoms with Gasteiger partial charge in [-0.05, 0) is 50.1 Å². The summed E-state index contributed by atoms with van der Waals surface area (Å²) in [6, 6.07) is 6.12. The molecule has 1 amide bonds. The highest BCUT2D eigenvalue weighted by Crippen LogP contribution is 2.23. The zero-order chi connectivity index (χ0) is 14.1. The van der Waals surface area contributed by atoms with Crippen LogP contribution in [0.3, 0.4) is 0 Å². The molecule has 1 unspecified atom stereocenters. The number of carbonyl (C=O) groups is 1. The number of piperazine rings is 1. The van der Waals surface area contributed by atoms with E-state index in [1.807, 2.05) is 30.0 Å². The smallest absolute Gasteiger partial charge is 0.254 e. The lowest BCUT2D eigenvalue weighted by molar-refractivity contribution is 0.0372. The van der Waals surface area contributed by atoms with Gasteiger partial charge in [-0.1, -0.05) is 6.42 Å². The molecule has 0 radical (unpaired) electrons. The number of nitrogens with zero attached hydrogens (tertiary/aromatic N) is 2. The van der Waals surface area contributed by atoms with Gasteiger partial charge in [-0.3, -0.25) is 9.69 Å². The summed E-state index contributed by atoms with van der Waals surface area (Å²) < 4.78 is 0. The Morgan fingerprint density at radius 3 is 2.90 bits per heavy atom. The molecular formula is C16H23N3O. The van der Waals surface area contributed by atoms with Crippen molar-refractivity contribution >= 4 is 11.6 Å². The van der Waals surface area contributed by atoms with Crippen LogP contribution < -0.4 is 5.73 Å². The molecule has 2 heterocycles. The standard InChI is InChI=1S/C16H23N3O/c1-12-10-13(17)5-6-15(12)16(20)19-9-8-18-7-3-2-4-14(18)11-19/h5-6,10,14H,2-4,7-9,11,17H2,1H3. The first-order valence-corrected chi connectivity index (χ1v) is 7.54. The normalized spacial score (nSPS) is 23.4. The van der Waals surface area contributed by atoms with E-state index < -0.39 is 0 Å². The lowest BCUT2D eigenvalue weighted by Crippen LogP contribution is -2.56. The third-order valence-corrected chi connectivity index (χ3v) is 4.61. The maximum atomic E-state index is 12.7. The van der Waals surface area contributed by atoms with Crippen molar-refractivity contribution in [2.24, 2.45) is 0 Å². The number of hydrogen-bond donors (Lipinski definition) is 1. The van der Waals surface area contributed by atoms with Crippen LogP contribution in [0.4, 0.5) is 5.69 Å². The molecule has 0 aromatic heterocycles. The summed E-state index contributed by atoms with van der Waals surface area (Å²) in [4.78, 5) is 17.2. The van der Waals surface area contributed by atoms with Gasteiger partial charge in [-0.15, -0.1) is 0 Å². The zero-order valence-corrected chi connectivity index (χ0v) is 12.1. The Morgan fingerprint density at radius 2 is 2.10 bits per heavy atom. The molecule has 2 aliphatic rings. The van der Waals surface area contributed by atoms with Crippen molar-refractivity contribution in [3.8, 4) is 0 Å². The lowest BCUT2D eigenvalue weighted by Gasteiger charge is -2.44. The second kappa shape index (κ2) is 5.44. The van der Waals surface area contributed by atoms with Crippen LogP contribution in [0.2, 0.25) is 0 Å². The fourth-order valence-electron chi connectivity index (χ4n) is 3.44. The predicted octanol–water partition coefficient (Wildman–Crippen LogP) is 1.89. The molecule has 2 N–H and O–H groups in total. The molecule has 2 saturated heterocycles. The van der Waals surface area contributed by atoms with Crippen molar-refractivity contribution in [1.82, 2.24) is 9.80 Å². The maximum Gasteiger partial charge on any atom is 0.254 e. The first-order chi connectivity index (χ1) is 9.65. The van der Waals surface area contributed by atoms with Gasteiger partial charge in [-0.25, -0.2) is 0 Å². The number of aryl methyl sites for hydroxylation is 1. The summed E-state index contributed by atoms with van der Waals surface area (Å²) >= 11 is 0. The van der Waals surface area contributed by atoms with Gasteiger partial charge in [0.2, 0.25) is 0 Å². The van der Waals surface area contributed by atoms with E-state index in [4.69, 9.17) is 5.73 Å². The Bertz CT molecular complexity index is 514. The van der Waals surface area contributed by atoms with Gasteiger partial charge in [0.15, 0.2) is 0 Å². The fraction of sp³-hybridized carbons (Fsp3) is 0.562. The molecule has 0 saturated carbocycles. The van der Waals surface area contributed by atoms with Crippen LogP contribution in [0, 0.1) is 6.92 Å². The number of nitrogen functional groups attached to an aromatic ring is 1. The Morgan fingerprint density at radius 1 is 1.25 bits per heavy atom.